The van der Waals surface area contributed by atoms with Crippen molar-refractivity contribution in [2.24, 2.45) is 0 Å². The summed E-state index contributed by atoms with van der Waals surface area (Å²) in [7, 11) is 0. The Hall–Kier alpha value is -3.68. The zero-order valence-corrected chi connectivity index (χ0v) is 15.7. The second kappa shape index (κ2) is 8.14. The summed E-state index contributed by atoms with van der Waals surface area (Å²) in [4.78, 5) is 45.4. The molecule has 2 heterocycles. The van der Waals surface area contributed by atoms with E-state index in [4.69, 9.17) is 0 Å². The zero-order valence-electron chi connectivity index (χ0n) is 15.7. The minimum Gasteiger partial charge on any atom is -0.356 e. The minimum atomic E-state index is -0.708. The quantitative estimate of drug-likeness (QED) is 0.536. The fraction of sp³-hybridized carbons (Fsp3) is 0.238. The summed E-state index contributed by atoms with van der Waals surface area (Å²) in [6.07, 6.45) is 4.36. The van der Waals surface area contributed by atoms with E-state index in [0.29, 0.717) is 18.7 Å². The zero-order chi connectivity index (χ0) is 20.2. The average Bonchev–Trinajstić information content (AvgIpc) is 3.34. The molecule has 1 fully saturated rings. The third kappa shape index (κ3) is 3.96. The molecule has 0 aliphatic carbocycles. The Morgan fingerprint density at radius 2 is 1.97 bits per heavy atom. The fourth-order valence-corrected chi connectivity index (χ4v) is 3.48. The van der Waals surface area contributed by atoms with Gasteiger partial charge in [-0.25, -0.2) is 14.7 Å². The van der Waals surface area contributed by atoms with Crippen molar-refractivity contribution in [2.45, 2.75) is 25.3 Å². The van der Waals surface area contributed by atoms with Crippen LogP contribution in [0.15, 0.2) is 55.0 Å². The second-order valence-electron chi connectivity index (χ2n) is 6.89. The molecule has 3 N–H and O–H groups in total. The molecular formula is C21H21N5O3. The van der Waals surface area contributed by atoms with Crippen LogP contribution in [-0.4, -0.2) is 40.4 Å². The molecule has 0 saturated carbocycles. The van der Waals surface area contributed by atoms with Crippen molar-refractivity contribution in [1.82, 2.24) is 20.6 Å². The number of urea groups is 1. The first kappa shape index (κ1) is 18.7. The number of hydrogen-bond donors (Lipinski definition) is 3. The summed E-state index contributed by atoms with van der Waals surface area (Å²) in [6, 6.07) is 11.9. The van der Waals surface area contributed by atoms with Gasteiger partial charge in [0.05, 0.1) is 12.0 Å². The molecule has 2 aromatic carbocycles. The molecule has 0 unspecified atom stereocenters. The summed E-state index contributed by atoms with van der Waals surface area (Å²) >= 11 is 0. The topological polar surface area (TPSA) is 107 Å². The van der Waals surface area contributed by atoms with E-state index in [9.17, 15) is 14.4 Å². The Balaban J connectivity index is 1.36. The van der Waals surface area contributed by atoms with Crippen molar-refractivity contribution in [1.29, 1.82) is 0 Å². The van der Waals surface area contributed by atoms with Crippen LogP contribution in [0.3, 0.4) is 0 Å². The maximum absolute atomic E-state index is 12.8. The smallest absolute Gasteiger partial charge is 0.329 e. The first-order chi connectivity index (χ1) is 14.1. The standard InChI is InChI=1S/C21H21N5O3/c27-19(23-11-10-15-12-22-13-24-15)9-8-17-20(28)26(21(29)25-17)18-7-3-5-14-4-1-2-6-16(14)18/h1-7,12-13,17H,8-11H2,(H,22,24)(H,23,27)(H,25,29)/t17-/m0/s1. The normalized spacial score (nSPS) is 16.3. The molecule has 0 radical (unpaired) electrons. The van der Waals surface area contributed by atoms with Crippen molar-refractivity contribution < 1.29 is 14.4 Å². The van der Waals surface area contributed by atoms with Crippen LogP contribution in [0.2, 0.25) is 0 Å². The lowest BCUT2D eigenvalue weighted by atomic mass is 10.1. The number of rotatable bonds is 7. The molecule has 1 saturated heterocycles. The van der Waals surface area contributed by atoms with Gasteiger partial charge in [-0.15, -0.1) is 0 Å². The van der Waals surface area contributed by atoms with E-state index in [1.807, 2.05) is 36.4 Å². The maximum atomic E-state index is 12.8. The van der Waals surface area contributed by atoms with Crippen LogP contribution >= 0.6 is 0 Å². The SMILES string of the molecule is O=C(CC[C@@H]1NC(=O)N(c2cccc3ccccc23)C1=O)NCCc1cnc[nH]1. The molecule has 4 amide bonds. The molecule has 1 aliphatic heterocycles. The van der Waals surface area contributed by atoms with Gasteiger partial charge in [-0.3, -0.25) is 9.59 Å². The predicted octanol–water partition coefficient (Wildman–Crippen LogP) is 2.13. The van der Waals surface area contributed by atoms with Crippen molar-refractivity contribution >= 4 is 34.3 Å². The highest BCUT2D eigenvalue weighted by molar-refractivity contribution is 6.24. The number of aromatic amines is 1. The first-order valence-corrected chi connectivity index (χ1v) is 9.49. The fourth-order valence-electron chi connectivity index (χ4n) is 3.48. The molecule has 0 bridgehead atoms. The lowest BCUT2D eigenvalue weighted by Crippen LogP contribution is -2.33. The number of aromatic nitrogens is 2. The molecule has 1 atom stereocenters. The molecule has 29 heavy (non-hydrogen) atoms. The third-order valence-corrected chi connectivity index (χ3v) is 4.96. The Bertz CT molecular complexity index is 1040. The van der Waals surface area contributed by atoms with Crippen LogP contribution in [0, 0.1) is 0 Å². The van der Waals surface area contributed by atoms with Gasteiger partial charge in [0.15, 0.2) is 0 Å². The van der Waals surface area contributed by atoms with Crippen LogP contribution in [0.25, 0.3) is 10.8 Å². The number of nitrogens with zero attached hydrogens (tertiary/aromatic N) is 2. The number of anilines is 1. The number of nitrogens with one attached hydrogen (secondary N) is 3. The highest BCUT2D eigenvalue weighted by Gasteiger charge is 2.39. The van der Waals surface area contributed by atoms with Crippen molar-refractivity contribution in [3.8, 4) is 0 Å². The van der Waals surface area contributed by atoms with Crippen LogP contribution in [0.4, 0.5) is 10.5 Å². The largest absolute Gasteiger partial charge is 0.356 e. The van der Waals surface area contributed by atoms with Crippen molar-refractivity contribution in [3.05, 3.63) is 60.7 Å². The van der Waals surface area contributed by atoms with Gasteiger partial charge < -0.3 is 15.6 Å². The Morgan fingerprint density at radius 3 is 2.79 bits per heavy atom. The third-order valence-electron chi connectivity index (χ3n) is 4.96. The number of imide groups is 1. The Morgan fingerprint density at radius 1 is 1.14 bits per heavy atom. The summed E-state index contributed by atoms with van der Waals surface area (Å²) in [5.74, 6) is -0.494. The number of fused-ring (bicyclic) bond motifs is 1. The van der Waals surface area contributed by atoms with E-state index in [-0.39, 0.29) is 24.7 Å². The van der Waals surface area contributed by atoms with E-state index in [2.05, 4.69) is 20.6 Å². The Kier molecular flexibility index (Phi) is 5.24. The lowest BCUT2D eigenvalue weighted by Gasteiger charge is -2.15. The monoisotopic (exact) mass is 391 g/mol. The van der Waals surface area contributed by atoms with Gasteiger partial charge in [-0.2, -0.15) is 0 Å². The number of carbonyl (C=O) groups excluding carboxylic acids is 3. The van der Waals surface area contributed by atoms with Gasteiger partial charge in [0, 0.05) is 36.7 Å². The van der Waals surface area contributed by atoms with Crippen LogP contribution in [0.1, 0.15) is 18.5 Å². The molecule has 1 aromatic heterocycles. The minimum absolute atomic E-state index is 0.156. The molecule has 3 aromatic rings. The van der Waals surface area contributed by atoms with Gasteiger partial charge in [-0.05, 0) is 17.9 Å². The predicted molar refractivity (Wildman–Crippen MR) is 108 cm³/mol. The first-order valence-electron chi connectivity index (χ1n) is 9.49. The van der Waals surface area contributed by atoms with Gasteiger partial charge in [-0.1, -0.05) is 36.4 Å². The maximum Gasteiger partial charge on any atom is 0.329 e. The molecule has 8 heteroatoms. The van der Waals surface area contributed by atoms with E-state index in [1.165, 1.54) is 4.90 Å². The number of carbonyl (C=O) groups is 3. The lowest BCUT2D eigenvalue weighted by molar-refractivity contribution is -0.121. The van der Waals surface area contributed by atoms with Crippen molar-refractivity contribution in [3.63, 3.8) is 0 Å². The highest BCUT2D eigenvalue weighted by atomic mass is 16.2. The molecule has 148 valence electrons. The second-order valence-corrected chi connectivity index (χ2v) is 6.89. The average molecular weight is 391 g/mol. The van der Waals surface area contributed by atoms with Gasteiger partial charge >= 0.3 is 6.03 Å². The Labute approximate surface area is 167 Å². The summed E-state index contributed by atoms with van der Waals surface area (Å²) in [6.45, 7) is 0.480. The number of hydrogen-bond acceptors (Lipinski definition) is 4. The molecule has 8 nitrogen and oxygen atoms in total. The van der Waals surface area contributed by atoms with Gasteiger partial charge in [0.2, 0.25) is 5.91 Å². The van der Waals surface area contributed by atoms with E-state index in [0.717, 1.165) is 16.5 Å². The van der Waals surface area contributed by atoms with Gasteiger partial charge in [0.1, 0.15) is 6.04 Å². The molecule has 0 spiro atoms. The number of imidazole rings is 1. The molecule has 4 rings (SSSR count). The number of amides is 4. The van der Waals surface area contributed by atoms with Gasteiger partial charge in [0.25, 0.3) is 5.91 Å². The summed E-state index contributed by atoms with van der Waals surface area (Å²) in [5.41, 5.74) is 1.49. The van der Waals surface area contributed by atoms with E-state index < -0.39 is 12.1 Å². The number of H-pyrrole nitrogens is 1. The van der Waals surface area contributed by atoms with Crippen LogP contribution in [0.5, 0.6) is 0 Å². The molecular weight excluding hydrogens is 370 g/mol. The molecule has 1 aliphatic rings. The van der Waals surface area contributed by atoms with Crippen LogP contribution < -0.4 is 15.5 Å². The van der Waals surface area contributed by atoms with E-state index in [1.54, 1.807) is 18.6 Å². The summed E-state index contributed by atoms with van der Waals surface area (Å²) in [5, 5.41) is 7.29. The van der Waals surface area contributed by atoms with Crippen LogP contribution in [-0.2, 0) is 16.0 Å². The summed E-state index contributed by atoms with van der Waals surface area (Å²) < 4.78 is 0. The van der Waals surface area contributed by atoms with E-state index >= 15 is 0 Å². The highest BCUT2D eigenvalue weighted by Crippen LogP contribution is 2.29. The van der Waals surface area contributed by atoms with Crippen molar-refractivity contribution in [2.75, 3.05) is 11.4 Å². The number of benzene rings is 2.